The molecule has 1 N–H and O–H groups in total. The van der Waals surface area contributed by atoms with Gasteiger partial charge < -0.3 is 14.8 Å². The van der Waals surface area contributed by atoms with E-state index in [0.29, 0.717) is 28.7 Å². The van der Waals surface area contributed by atoms with Gasteiger partial charge in [0.05, 0.1) is 12.1 Å². The Morgan fingerprint density at radius 1 is 1.04 bits per heavy atom. The minimum atomic E-state index is -0.269. The summed E-state index contributed by atoms with van der Waals surface area (Å²) in [5, 5.41) is 3.19. The highest BCUT2D eigenvalue weighted by Crippen LogP contribution is 2.37. The standard InChI is InChI=1S/C22H20ClNO3/c1-15-7-6-10-18(11-15)24-22(25)17-12-19(23)21(26-2)20(13-17)27-14-16-8-4-3-5-9-16/h3-13H,14H2,1-2H3,(H,24,25). The zero-order chi connectivity index (χ0) is 19.2. The number of anilines is 1. The molecule has 27 heavy (non-hydrogen) atoms. The van der Waals surface area contributed by atoms with E-state index in [2.05, 4.69) is 5.32 Å². The molecule has 5 heteroatoms. The normalized spacial score (nSPS) is 10.3. The Balaban J connectivity index is 1.83. The molecule has 0 fully saturated rings. The molecule has 0 aliphatic rings. The lowest BCUT2D eigenvalue weighted by Gasteiger charge is -2.14. The largest absolute Gasteiger partial charge is 0.491 e. The number of hydrogen-bond acceptors (Lipinski definition) is 3. The maximum absolute atomic E-state index is 12.6. The summed E-state index contributed by atoms with van der Waals surface area (Å²) in [5.41, 5.74) is 3.18. The van der Waals surface area contributed by atoms with E-state index in [1.165, 1.54) is 7.11 Å². The minimum Gasteiger partial charge on any atom is -0.491 e. The third-order valence-electron chi connectivity index (χ3n) is 3.99. The molecule has 0 radical (unpaired) electrons. The topological polar surface area (TPSA) is 47.6 Å². The van der Waals surface area contributed by atoms with Crippen LogP contribution in [0.5, 0.6) is 11.5 Å². The number of rotatable bonds is 6. The van der Waals surface area contributed by atoms with E-state index in [0.717, 1.165) is 16.8 Å². The monoisotopic (exact) mass is 381 g/mol. The molecule has 138 valence electrons. The molecule has 0 aliphatic heterocycles. The van der Waals surface area contributed by atoms with Crippen LogP contribution in [0.4, 0.5) is 5.69 Å². The van der Waals surface area contributed by atoms with Gasteiger partial charge in [0.25, 0.3) is 5.91 Å². The van der Waals surface area contributed by atoms with E-state index in [1.54, 1.807) is 12.1 Å². The van der Waals surface area contributed by atoms with E-state index < -0.39 is 0 Å². The number of halogens is 1. The van der Waals surface area contributed by atoms with Gasteiger partial charge in [0.2, 0.25) is 0 Å². The van der Waals surface area contributed by atoms with Crippen LogP contribution in [0.1, 0.15) is 21.5 Å². The smallest absolute Gasteiger partial charge is 0.255 e. The summed E-state index contributed by atoms with van der Waals surface area (Å²) in [6, 6.07) is 20.5. The van der Waals surface area contributed by atoms with E-state index >= 15 is 0 Å². The summed E-state index contributed by atoms with van der Waals surface area (Å²) >= 11 is 6.30. The zero-order valence-electron chi connectivity index (χ0n) is 15.2. The number of hydrogen-bond donors (Lipinski definition) is 1. The van der Waals surface area contributed by atoms with Gasteiger partial charge in [0, 0.05) is 11.3 Å². The quantitative estimate of drug-likeness (QED) is 0.614. The van der Waals surface area contributed by atoms with Crippen LogP contribution >= 0.6 is 11.6 Å². The third-order valence-corrected chi connectivity index (χ3v) is 4.27. The van der Waals surface area contributed by atoms with Gasteiger partial charge in [-0.2, -0.15) is 0 Å². The third kappa shape index (κ3) is 4.80. The highest BCUT2D eigenvalue weighted by atomic mass is 35.5. The van der Waals surface area contributed by atoms with Crippen molar-refractivity contribution in [3.05, 3.63) is 88.4 Å². The molecule has 0 aliphatic carbocycles. The van der Waals surface area contributed by atoms with Gasteiger partial charge in [-0.25, -0.2) is 0 Å². The van der Waals surface area contributed by atoms with Crippen molar-refractivity contribution in [2.75, 3.05) is 12.4 Å². The lowest BCUT2D eigenvalue weighted by molar-refractivity contribution is 0.102. The minimum absolute atomic E-state index is 0.269. The number of carbonyl (C=O) groups excluding carboxylic acids is 1. The predicted molar refractivity (Wildman–Crippen MR) is 108 cm³/mol. The molecule has 0 saturated heterocycles. The lowest BCUT2D eigenvalue weighted by Crippen LogP contribution is -2.12. The Bertz CT molecular complexity index is 942. The number of methoxy groups -OCH3 is 1. The van der Waals surface area contributed by atoms with Gasteiger partial charge in [-0.15, -0.1) is 0 Å². The molecule has 0 unspecified atom stereocenters. The summed E-state index contributed by atoms with van der Waals surface area (Å²) < 4.78 is 11.2. The Morgan fingerprint density at radius 2 is 1.81 bits per heavy atom. The molecule has 0 atom stereocenters. The van der Waals surface area contributed by atoms with E-state index in [1.807, 2.05) is 61.5 Å². The Morgan fingerprint density at radius 3 is 2.52 bits per heavy atom. The Labute approximate surface area is 163 Å². The fraction of sp³-hybridized carbons (Fsp3) is 0.136. The number of carbonyl (C=O) groups is 1. The van der Waals surface area contributed by atoms with Crippen molar-refractivity contribution < 1.29 is 14.3 Å². The van der Waals surface area contributed by atoms with E-state index in [4.69, 9.17) is 21.1 Å². The lowest BCUT2D eigenvalue weighted by atomic mass is 10.1. The first-order chi connectivity index (χ1) is 13.1. The van der Waals surface area contributed by atoms with Crippen molar-refractivity contribution in [1.29, 1.82) is 0 Å². The summed E-state index contributed by atoms with van der Waals surface area (Å²) in [5.74, 6) is 0.553. The molecule has 0 bridgehead atoms. The van der Waals surface area contributed by atoms with E-state index in [-0.39, 0.29) is 5.91 Å². The number of ether oxygens (including phenoxy) is 2. The first-order valence-electron chi connectivity index (χ1n) is 8.49. The molecule has 3 aromatic rings. The van der Waals surface area contributed by atoms with Crippen LogP contribution in [0.25, 0.3) is 0 Å². The maximum Gasteiger partial charge on any atom is 0.255 e. The molecule has 0 saturated carbocycles. The van der Waals surface area contributed by atoms with Crippen molar-refractivity contribution in [2.45, 2.75) is 13.5 Å². The van der Waals surface area contributed by atoms with Crippen molar-refractivity contribution in [3.8, 4) is 11.5 Å². The predicted octanol–water partition coefficient (Wildman–Crippen LogP) is 5.49. The molecule has 0 spiro atoms. The van der Waals surface area contributed by atoms with Crippen LogP contribution in [0.15, 0.2) is 66.7 Å². The van der Waals surface area contributed by atoms with Gasteiger partial charge >= 0.3 is 0 Å². The van der Waals surface area contributed by atoms with Gasteiger partial charge in [-0.05, 0) is 42.3 Å². The van der Waals surface area contributed by atoms with Gasteiger partial charge in [-0.1, -0.05) is 54.1 Å². The molecule has 1 amide bonds. The summed E-state index contributed by atoms with van der Waals surface area (Å²) in [4.78, 5) is 12.6. The van der Waals surface area contributed by atoms with Crippen molar-refractivity contribution >= 4 is 23.2 Å². The molecule has 3 rings (SSSR count). The Kier molecular flexibility index (Phi) is 5.99. The Hall–Kier alpha value is -2.98. The van der Waals surface area contributed by atoms with Crippen molar-refractivity contribution in [3.63, 3.8) is 0 Å². The van der Waals surface area contributed by atoms with Crippen LogP contribution in [-0.4, -0.2) is 13.0 Å². The summed E-state index contributed by atoms with van der Waals surface area (Å²) in [6.07, 6.45) is 0. The highest BCUT2D eigenvalue weighted by Gasteiger charge is 2.16. The van der Waals surface area contributed by atoms with E-state index in [9.17, 15) is 4.79 Å². The second-order valence-electron chi connectivity index (χ2n) is 6.09. The second kappa shape index (κ2) is 8.60. The van der Waals surface area contributed by atoms with Crippen molar-refractivity contribution in [2.24, 2.45) is 0 Å². The number of nitrogens with one attached hydrogen (secondary N) is 1. The molecular formula is C22H20ClNO3. The average Bonchev–Trinajstić information content (AvgIpc) is 2.66. The molecule has 3 aromatic carbocycles. The fourth-order valence-corrected chi connectivity index (χ4v) is 2.95. The van der Waals surface area contributed by atoms with Crippen LogP contribution in [0.3, 0.4) is 0 Å². The van der Waals surface area contributed by atoms with Gasteiger partial charge in [0.15, 0.2) is 11.5 Å². The average molecular weight is 382 g/mol. The summed E-state index contributed by atoms with van der Waals surface area (Å²) in [7, 11) is 1.52. The molecular weight excluding hydrogens is 362 g/mol. The van der Waals surface area contributed by atoms with Gasteiger partial charge in [-0.3, -0.25) is 4.79 Å². The molecule has 4 nitrogen and oxygen atoms in total. The van der Waals surface area contributed by atoms with Gasteiger partial charge in [0.1, 0.15) is 6.61 Å². The number of aryl methyl sites for hydroxylation is 1. The first kappa shape index (κ1) is 18.8. The molecule has 0 aromatic heterocycles. The van der Waals surface area contributed by atoms with Crippen LogP contribution in [-0.2, 0) is 6.61 Å². The maximum atomic E-state index is 12.6. The van der Waals surface area contributed by atoms with Crippen LogP contribution in [0.2, 0.25) is 5.02 Å². The summed E-state index contributed by atoms with van der Waals surface area (Å²) in [6.45, 7) is 2.31. The van der Waals surface area contributed by atoms with Crippen LogP contribution < -0.4 is 14.8 Å². The second-order valence-corrected chi connectivity index (χ2v) is 6.49. The van der Waals surface area contributed by atoms with Crippen molar-refractivity contribution in [1.82, 2.24) is 0 Å². The number of amides is 1. The zero-order valence-corrected chi connectivity index (χ0v) is 15.9. The first-order valence-corrected chi connectivity index (χ1v) is 8.87. The number of benzene rings is 3. The fourth-order valence-electron chi connectivity index (χ4n) is 2.67. The SMILES string of the molecule is COc1c(Cl)cc(C(=O)Nc2cccc(C)c2)cc1OCc1ccccc1. The highest BCUT2D eigenvalue weighted by molar-refractivity contribution is 6.32. The van der Waals surface area contributed by atoms with Crippen LogP contribution in [0, 0.1) is 6.92 Å². The molecule has 0 heterocycles.